The summed E-state index contributed by atoms with van der Waals surface area (Å²) in [4.78, 5) is 0. The third-order valence-corrected chi connectivity index (χ3v) is 5.01. The summed E-state index contributed by atoms with van der Waals surface area (Å²) in [6.45, 7) is 3.85. The molecule has 2 saturated carbocycles. The molecule has 0 amide bonds. The molecule has 17 heavy (non-hydrogen) atoms. The molecule has 1 nitrogen and oxygen atoms in total. The van der Waals surface area contributed by atoms with Crippen LogP contribution >= 0.6 is 0 Å². The lowest BCUT2D eigenvalue weighted by Crippen LogP contribution is -2.25. The molecule has 0 aliphatic heterocycles. The Kier molecular flexibility index (Phi) is 4.66. The molecule has 0 aromatic carbocycles. The van der Waals surface area contributed by atoms with Crippen LogP contribution in [0.5, 0.6) is 0 Å². The second kappa shape index (κ2) is 6.24. The summed E-state index contributed by atoms with van der Waals surface area (Å²) < 4.78 is 0. The van der Waals surface area contributed by atoms with Gasteiger partial charge in [-0.15, -0.1) is 6.58 Å². The van der Waals surface area contributed by atoms with Crippen LogP contribution in [0.3, 0.4) is 0 Å². The first-order valence-electron chi connectivity index (χ1n) is 7.34. The minimum atomic E-state index is 0.364. The molecule has 0 N–H and O–H groups in total. The monoisotopic (exact) mass is 231 g/mol. The van der Waals surface area contributed by atoms with Crippen molar-refractivity contribution in [2.45, 2.75) is 57.8 Å². The van der Waals surface area contributed by atoms with Gasteiger partial charge < -0.3 is 0 Å². The van der Waals surface area contributed by atoms with E-state index in [0.717, 1.165) is 30.6 Å². The van der Waals surface area contributed by atoms with Gasteiger partial charge in [-0.3, -0.25) is 0 Å². The van der Waals surface area contributed by atoms with Gasteiger partial charge in [-0.25, -0.2) is 0 Å². The van der Waals surface area contributed by atoms with Gasteiger partial charge in [0.15, 0.2) is 0 Å². The molecule has 0 aromatic rings. The fraction of sp³-hybridized carbons (Fsp3) is 0.812. The molecule has 0 saturated heterocycles. The molecule has 0 aromatic heterocycles. The number of rotatable bonds is 3. The largest absolute Gasteiger partial charge is 0.198 e. The van der Waals surface area contributed by atoms with E-state index in [1.165, 1.54) is 44.9 Å². The summed E-state index contributed by atoms with van der Waals surface area (Å²) in [7, 11) is 0. The molecule has 2 aliphatic rings. The van der Waals surface area contributed by atoms with E-state index < -0.39 is 0 Å². The van der Waals surface area contributed by atoms with E-state index >= 15 is 0 Å². The Hall–Kier alpha value is -0.770. The second-order valence-electron chi connectivity index (χ2n) is 6.05. The molecule has 1 heteroatoms. The van der Waals surface area contributed by atoms with Gasteiger partial charge in [0.2, 0.25) is 0 Å². The molecule has 94 valence electrons. The van der Waals surface area contributed by atoms with E-state index in [1.54, 1.807) is 0 Å². The maximum Gasteiger partial charge on any atom is 0.0655 e. The van der Waals surface area contributed by atoms with E-state index in [2.05, 4.69) is 18.7 Å². The molecule has 2 fully saturated rings. The highest BCUT2D eigenvalue weighted by atomic mass is 14.4. The Bertz CT molecular complexity index is 272. The molecule has 2 aliphatic carbocycles. The van der Waals surface area contributed by atoms with Gasteiger partial charge in [0, 0.05) is 5.92 Å². The van der Waals surface area contributed by atoms with Gasteiger partial charge in [0.25, 0.3) is 0 Å². The number of nitrogens with zero attached hydrogens (tertiary/aromatic N) is 1. The zero-order valence-electron chi connectivity index (χ0n) is 10.9. The fourth-order valence-electron chi connectivity index (χ4n) is 3.85. The lowest BCUT2D eigenvalue weighted by Gasteiger charge is -2.36. The van der Waals surface area contributed by atoms with Crippen LogP contribution in [0.4, 0.5) is 0 Å². The highest BCUT2D eigenvalue weighted by molar-refractivity contribution is 4.90. The Morgan fingerprint density at radius 1 is 0.941 bits per heavy atom. The summed E-state index contributed by atoms with van der Waals surface area (Å²) in [6, 6.07) is 2.44. The molecule has 0 atom stereocenters. The van der Waals surface area contributed by atoms with Crippen molar-refractivity contribution in [2.24, 2.45) is 23.7 Å². The number of hydrogen-bond donors (Lipinski definition) is 0. The summed E-state index contributed by atoms with van der Waals surface area (Å²) >= 11 is 0. The van der Waals surface area contributed by atoms with Gasteiger partial charge in [0.05, 0.1) is 6.07 Å². The van der Waals surface area contributed by atoms with Crippen LogP contribution < -0.4 is 0 Å². The third kappa shape index (κ3) is 3.35. The Balaban J connectivity index is 1.74. The van der Waals surface area contributed by atoms with Crippen molar-refractivity contribution >= 4 is 0 Å². The Morgan fingerprint density at radius 2 is 1.47 bits per heavy atom. The topological polar surface area (TPSA) is 23.8 Å². The molecule has 0 spiro atoms. The van der Waals surface area contributed by atoms with Crippen LogP contribution in [0.1, 0.15) is 57.8 Å². The number of allylic oxidation sites excluding steroid dienone is 1. The van der Waals surface area contributed by atoms with Crippen molar-refractivity contribution in [3.63, 3.8) is 0 Å². The van der Waals surface area contributed by atoms with Crippen LogP contribution in [0.25, 0.3) is 0 Å². The summed E-state index contributed by atoms with van der Waals surface area (Å²) in [5.74, 6) is 3.18. The lowest BCUT2D eigenvalue weighted by atomic mass is 9.69. The molecular weight excluding hydrogens is 206 g/mol. The van der Waals surface area contributed by atoms with Crippen molar-refractivity contribution < 1.29 is 0 Å². The average molecular weight is 231 g/mol. The minimum absolute atomic E-state index is 0.364. The zero-order valence-corrected chi connectivity index (χ0v) is 10.9. The van der Waals surface area contributed by atoms with Crippen molar-refractivity contribution in [1.29, 1.82) is 5.26 Å². The maximum atomic E-state index is 8.92. The standard InChI is InChI=1S/C16H25N/c1-2-3-13-4-8-15(9-5-13)16-10-6-14(12-17)7-11-16/h2,13-16H,1,3-11H2. The average Bonchev–Trinajstić information content (AvgIpc) is 2.40. The Labute approximate surface area is 106 Å². The fourth-order valence-corrected chi connectivity index (χ4v) is 3.85. The quantitative estimate of drug-likeness (QED) is 0.646. The molecule has 0 radical (unpaired) electrons. The normalized spacial score (nSPS) is 38.3. The smallest absolute Gasteiger partial charge is 0.0655 e. The van der Waals surface area contributed by atoms with Crippen LogP contribution in [-0.2, 0) is 0 Å². The predicted molar refractivity (Wildman–Crippen MR) is 71.3 cm³/mol. The minimum Gasteiger partial charge on any atom is -0.198 e. The van der Waals surface area contributed by atoms with Gasteiger partial charge in [-0.1, -0.05) is 6.08 Å². The summed E-state index contributed by atoms with van der Waals surface area (Å²) in [6.07, 6.45) is 13.9. The number of hydrogen-bond acceptors (Lipinski definition) is 1. The predicted octanol–water partition coefficient (Wildman–Crippen LogP) is 4.70. The molecule has 0 bridgehead atoms. The molecule has 0 heterocycles. The first-order chi connectivity index (χ1) is 8.33. The lowest BCUT2D eigenvalue weighted by molar-refractivity contribution is 0.157. The molecule has 0 unspecified atom stereocenters. The Morgan fingerprint density at radius 3 is 1.94 bits per heavy atom. The van der Waals surface area contributed by atoms with Crippen molar-refractivity contribution in [3.8, 4) is 6.07 Å². The zero-order chi connectivity index (χ0) is 12.1. The SMILES string of the molecule is C=CCC1CCC(C2CCC(C#N)CC2)CC1. The highest BCUT2D eigenvalue weighted by Gasteiger charge is 2.30. The molecular formula is C16H25N. The summed E-state index contributed by atoms with van der Waals surface area (Å²) in [5.41, 5.74) is 0. The third-order valence-electron chi connectivity index (χ3n) is 5.01. The van der Waals surface area contributed by atoms with Crippen molar-refractivity contribution in [2.75, 3.05) is 0 Å². The molecule has 2 rings (SSSR count). The second-order valence-corrected chi connectivity index (χ2v) is 6.05. The van der Waals surface area contributed by atoms with Gasteiger partial charge in [-0.05, 0) is 75.5 Å². The summed E-state index contributed by atoms with van der Waals surface area (Å²) in [5, 5.41) is 8.92. The van der Waals surface area contributed by atoms with Crippen LogP contribution in [0.2, 0.25) is 0 Å². The van der Waals surface area contributed by atoms with Crippen LogP contribution in [-0.4, -0.2) is 0 Å². The maximum absolute atomic E-state index is 8.92. The van der Waals surface area contributed by atoms with E-state index in [4.69, 9.17) is 5.26 Å². The highest BCUT2D eigenvalue weighted by Crippen LogP contribution is 2.41. The van der Waals surface area contributed by atoms with E-state index in [9.17, 15) is 0 Å². The van der Waals surface area contributed by atoms with Crippen LogP contribution in [0.15, 0.2) is 12.7 Å². The van der Waals surface area contributed by atoms with Crippen molar-refractivity contribution in [3.05, 3.63) is 12.7 Å². The van der Waals surface area contributed by atoms with Gasteiger partial charge in [-0.2, -0.15) is 5.26 Å². The van der Waals surface area contributed by atoms with E-state index in [1.807, 2.05) is 0 Å². The first kappa shape index (κ1) is 12.7. The van der Waals surface area contributed by atoms with Crippen molar-refractivity contribution in [1.82, 2.24) is 0 Å². The number of nitriles is 1. The first-order valence-corrected chi connectivity index (χ1v) is 7.34. The van der Waals surface area contributed by atoms with Gasteiger partial charge in [0.1, 0.15) is 0 Å². The van der Waals surface area contributed by atoms with E-state index in [0.29, 0.717) is 5.92 Å². The van der Waals surface area contributed by atoms with Crippen LogP contribution in [0, 0.1) is 35.0 Å². The van der Waals surface area contributed by atoms with Gasteiger partial charge >= 0.3 is 0 Å². The van der Waals surface area contributed by atoms with E-state index in [-0.39, 0.29) is 0 Å².